The normalized spacial score (nSPS) is 12.0. The Bertz CT molecular complexity index is 569. The topological polar surface area (TPSA) is 78.9 Å². The molecule has 0 spiro atoms. The second kappa shape index (κ2) is 7.01. The van der Waals surface area contributed by atoms with Gasteiger partial charge in [-0.25, -0.2) is 0 Å². The Kier molecular flexibility index (Phi) is 5.08. The van der Waals surface area contributed by atoms with Gasteiger partial charge in [0.2, 0.25) is 5.75 Å². The maximum absolute atomic E-state index is 5.69. The van der Waals surface area contributed by atoms with Crippen molar-refractivity contribution in [2.24, 2.45) is 5.84 Å². The van der Waals surface area contributed by atoms with Crippen molar-refractivity contribution in [1.29, 1.82) is 0 Å². The number of ether oxygens (including phenoxy) is 3. The zero-order valence-corrected chi connectivity index (χ0v) is 12.4. The first-order valence-electron chi connectivity index (χ1n) is 6.52. The third-order valence-electron chi connectivity index (χ3n) is 3.30. The van der Waals surface area contributed by atoms with Gasteiger partial charge in [-0.2, -0.15) is 0 Å². The van der Waals surface area contributed by atoms with E-state index < -0.39 is 0 Å². The number of rotatable bonds is 7. The van der Waals surface area contributed by atoms with E-state index >= 15 is 0 Å². The number of hydrogen-bond donors (Lipinski definition) is 2. The Labute approximate surface area is 123 Å². The first-order chi connectivity index (χ1) is 10.2. The van der Waals surface area contributed by atoms with E-state index in [0.29, 0.717) is 23.7 Å². The molecule has 0 aliphatic heterocycles. The van der Waals surface area contributed by atoms with Crippen LogP contribution in [0.3, 0.4) is 0 Å². The molecule has 3 N–H and O–H groups in total. The number of hydrazine groups is 1. The summed E-state index contributed by atoms with van der Waals surface area (Å²) in [7, 11) is 4.74. The highest BCUT2D eigenvalue weighted by Crippen LogP contribution is 2.42. The lowest BCUT2D eigenvalue weighted by atomic mass is 10.0. The molecule has 6 heteroatoms. The van der Waals surface area contributed by atoms with Crippen LogP contribution in [0.25, 0.3) is 0 Å². The number of methoxy groups -OCH3 is 3. The molecule has 1 aromatic carbocycles. The molecule has 0 radical (unpaired) electrons. The second-order valence-corrected chi connectivity index (χ2v) is 4.43. The van der Waals surface area contributed by atoms with Gasteiger partial charge >= 0.3 is 0 Å². The molecular formula is C15H20N2O4. The highest BCUT2D eigenvalue weighted by molar-refractivity contribution is 5.56. The van der Waals surface area contributed by atoms with Gasteiger partial charge in [-0.05, 0) is 24.3 Å². The van der Waals surface area contributed by atoms with Gasteiger partial charge in [-0.15, -0.1) is 0 Å². The van der Waals surface area contributed by atoms with E-state index in [1.165, 1.54) is 0 Å². The van der Waals surface area contributed by atoms with Gasteiger partial charge in [-0.1, -0.05) is 0 Å². The number of hydrogen-bond acceptors (Lipinski definition) is 6. The minimum atomic E-state index is -0.175. The Balaban J connectivity index is 2.40. The van der Waals surface area contributed by atoms with Crippen LogP contribution in [-0.4, -0.2) is 21.3 Å². The standard InChI is InChI=1S/C15H20N2O4/c1-18-13-7-6-11(14(19-2)15(13)20-3)12(17-16)9-10-5-4-8-21-10/h4-8,12,17H,9,16H2,1-3H3. The summed E-state index contributed by atoms with van der Waals surface area (Å²) in [5.74, 6) is 8.25. The summed E-state index contributed by atoms with van der Waals surface area (Å²) < 4.78 is 21.5. The maximum atomic E-state index is 5.69. The molecule has 0 saturated carbocycles. The van der Waals surface area contributed by atoms with Gasteiger partial charge in [-0.3, -0.25) is 11.3 Å². The van der Waals surface area contributed by atoms with Gasteiger partial charge in [0.1, 0.15) is 5.76 Å². The largest absolute Gasteiger partial charge is 0.493 e. The summed E-state index contributed by atoms with van der Waals surface area (Å²) in [4.78, 5) is 0. The van der Waals surface area contributed by atoms with Crippen molar-refractivity contribution in [3.05, 3.63) is 41.9 Å². The minimum absolute atomic E-state index is 0.175. The molecule has 1 aromatic heterocycles. The second-order valence-electron chi connectivity index (χ2n) is 4.43. The zero-order valence-electron chi connectivity index (χ0n) is 12.4. The molecule has 0 aliphatic rings. The Hall–Kier alpha value is -2.18. The molecule has 21 heavy (non-hydrogen) atoms. The summed E-state index contributed by atoms with van der Waals surface area (Å²) in [6.07, 6.45) is 2.23. The SMILES string of the molecule is COc1ccc(C(Cc2ccco2)NN)c(OC)c1OC. The molecule has 0 saturated heterocycles. The van der Waals surface area contributed by atoms with Crippen molar-refractivity contribution in [2.45, 2.75) is 12.5 Å². The first-order valence-corrected chi connectivity index (χ1v) is 6.52. The van der Waals surface area contributed by atoms with E-state index in [9.17, 15) is 0 Å². The molecule has 1 unspecified atom stereocenters. The predicted molar refractivity (Wildman–Crippen MR) is 78.6 cm³/mol. The van der Waals surface area contributed by atoms with Crippen molar-refractivity contribution in [3.63, 3.8) is 0 Å². The highest BCUT2D eigenvalue weighted by Gasteiger charge is 2.22. The minimum Gasteiger partial charge on any atom is -0.493 e. The molecular weight excluding hydrogens is 272 g/mol. The number of benzene rings is 1. The van der Waals surface area contributed by atoms with Crippen molar-refractivity contribution in [1.82, 2.24) is 5.43 Å². The van der Waals surface area contributed by atoms with Crippen molar-refractivity contribution in [2.75, 3.05) is 21.3 Å². The van der Waals surface area contributed by atoms with Crippen LogP contribution in [0.15, 0.2) is 34.9 Å². The summed E-state index contributed by atoms with van der Waals surface area (Å²) in [5.41, 5.74) is 3.65. The third-order valence-corrected chi connectivity index (χ3v) is 3.30. The van der Waals surface area contributed by atoms with Crippen molar-refractivity contribution < 1.29 is 18.6 Å². The van der Waals surface area contributed by atoms with E-state index in [4.69, 9.17) is 24.5 Å². The van der Waals surface area contributed by atoms with Crippen LogP contribution in [0.2, 0.25) is 0 Å². The van der Waals surface area contributed by atoms with Crippen LogP contribution in [-0.2, 0) is 6.42 Å². The van der Waals surface area contributed by atoms with Gasteiger partial charge in [0.05, 0.1) is 33.6 Å². The van der Waals surface area contributed by atoms with Crippen LogP contribution in [0.1, 0.15) is 17.4 Å². The molecule has 2 aromatic rings. The first kappa shape index (κ1) is 15.2. The van der Waals surface area contributed by atoms with Crippen LogP contribution in [0, 0.1) is 0 Å². The van der Waals surface area contributed by atoms with Crippen LogP contribution >= 0.6 is 0 Å². The van der Waals surface area contributed by atoms with Crippen molar-refractivity contribution >= 4 is 0 Å². The van der Waals surface area contributed by atoms with Gasteiger partial charge < -0.3 is 18.6 Å². The third kappa shape index (κ3) is 3.12. The van der Waals surface area contributed by atoms with Gasteiger partial charge in [0.25, 0.3) is 0 Å². The Morgan fingerprint density at radius 1 is 1.10 bits per heavy atom. The van der Waals surface area contributed by atoms with Crippen molar-refractivity contribution in [3.8, 4) is 17.2 Å². The lowest BCUT2D eigenvalue weighted by Gasteiger charge is -2.21. The average molecular weight is 292 g/mol. The number of nitrogens with two attached hydrogens (primary N) is 1. The van der Waals surface area contributed by atoms with E-state index in [2.05, 4.69) is 5.43 Å². The van der Waals surface area contributed by atoms with E-state index in [-0.39, 0.29) is 6.04 Å². The fourth-order valence-corrected chi connectivity index (χ4v) is 2.29. The fourth-order valence-electron chi connectivity index (χ4n) is 2.29. The smallest absolute Gasteiger partial charge is 0.203 e. The van der Waals surface area contributed by atoms with E-state index in [0.717, 1.165) is 11.3 Å². The lowest BCUT2D eigenvalue weighted by Crippen LogP contribution is -2.30. The number of furan rings is 1. The zero-order chi connectivity index (χ0) is 15.2. The summed E-state index contributed by atoms with van der Waals surface area (Å²) >= 11 is 0. The number of nitrogens with one attached hydrogen (secondary N) is 1. The fraction of sp³-hybridized carbons (Fsp3) is 0.333. The maximum Gasteiger partial charge on any atom is 0.203 e. The summed E-state index contributed by atoms with van der Waals surface area (Å²) in [6.45, 7) is 0. The Morgan fingerprint density at radius 2 is 1.86 bits per heavy atom. The summed E-state index contributed by atoms with van der Waals surface area (Å²) in [5, 5.41) is 0. The summed E-state index contributed by atoms with van der Waals surface area (Å²) in [6, 6.07) is 7.29. The molecule has 1 atom stereocenters. The quantitative estimate of drug-likeness (QED) is 0.600. The molecule has 114 valence electrons. The molecule has 0 aliphatic carbocycles. The predicted octanol–water partition coefficient (Wildman–Crippen LogP) is 2.05. The lowest BCUT2D eigenvalue weighted by molar-refractivity contribution is 0.318. The average Bonchev–Trinajstić information content (AvgIpc) is 3.04. The van der Waals surface area contributed by atoms with E-state index in [1.54, 1.807) is 27.6 Å². The molecule has 0 amide bonds. The highest BCUT2D eigenvalue weighted by atomic mass is 16.5. The molecule has 0 bridgehead atoms. The molecule has 6 nitrogen and oxygen atoms in total. The molecule has 2 rings (SSSR count). The Morgan fingerprint density at radius 3 is 2.38 bits per heavy atom. The van der Waals surface area contributed by atoms with Gasteiger partial charge in [0, 0.05) is 12.0 Å². The van der Waals surface area contributed by atoms with Crippen LogP contribution in [0.5, 0.6) is 17.2 Å². The van der Waals surface area contributed by atoms with Crippen LogP contribution < -0.4 is 25.5 Å². The molecule has 1 heterocycles. The van der Waals surface area contributed by atoms with E-state index in [1.807, 2.05) is 24.3 Å². The monoisotopic (exact) mass is 292 g/mol. The molecule has 0 fully saturated rings. The van der Waals surface area contributed by atoms with Gasteiger partial charge in [0.15, 0.2) is 11.5 Å². The van der Waals surface area contributed by atoms with Crippen LogP contribution in [0.4, 0.5) is 0 Å².